The van der Waals surface area contributed by atoms with Crippen LogP contribution in [0.5, 0.6) is 0 Å². The quantitative estimate of drug-likeness (QED) is 0.305. The van der Waals surface area contributed by atoms with Crippen molar-refractivity contribution in [2.75, 3.05) is 0 Å². The molecule has 32 valence electrons. The molecule has 5 heavy (non-hydrogen) atoms. The molecule has 0 atom stereocenters. The highest BCUT2D eigenvalue weighted by Crippen LogP contribution is 1.25. The van der Waals surface area contributed by atoms with Crippen molar-refractivity contribution < 1.29 is 0 Å². The molecular formula is H9N3Si2. The van der Waals surface area contributed by atoms with Crippen LogP contribution < -0.4 is 15.4 Å². The third kappa shape index (κ3) is 4.31. The second-order valence-electron chi connectivity index (χ2n) is 0.814. The van der Waals surface area contributed by atoms with Crippen molar-refractivity contribution in [3.63, 3.8) is 0 Å². The molecule has 0 heterocycles. The van der Waals surface area contributed by atoms with E-state index in [0.29, 0.717) is 0 Å². The molecule has 0 bridgehead atoms. The Balaban J connectivity index is 2.54. The highest BCUT2D eigenvalue weighted by Gasteiger charge is 1.82. The molecule has 3 nitrogen and oxygen atoms in total. The summed E-state index contributed by atoms with van der Waals surface area (Å²) in [6.07, 6.45) is 0. The Labute approximate surface area is 36.1 Å². The number of hydrogen-bond donors (Lipinski definition) is 3. The minimum Gasteiger partial charge on any atom is -0.345 e. The first-order valence-electron chi connectivity index (χ1n) is 1.46. The molecule has 0 spiro atoms. The molecule has 0 radical (unpaired) electrons. The first-order valence-corrected chi connectivity index (χ1v) is 4.37. The molecule has 0 aliphatic heterocycles. The molecule has 5 N–H and O–H groups in total. The number of rotatable bonds is 1. The van der Waals surface area contributed by atoms with Crippen LogP contribution in [0.15, 0.2) is 0 Å². The molecule has 0 aliphatic carbocycles. The molecule has 0 saturated carbocycles. The Hall–Kier alpha value is 0.314. The van der Waals surface area contributed by atoms with E-state index in [9.17, 15) is 0 Å². The van der Waals surface area contributed by atoms with E-state index in [1.54, 1.807) is 0 Å². The fraction of sp³-hybridized carbons (Fsp3) is 0. The first-order chi connectivity index (χ1) is 2.27. The Morgan fingerprint density at radius 1 is 1.60 bits per heavy atom. The lowest BCUT2D eigenvalue weighted by molar-refractivity contribution is 1.43. The topological polar surface area (TPSA) is 64.1 Å². The average molecular weight is 107 g/mol. The summed E-state index contributed by atoms with van der Waals surface area (Å²) in [4.78, 5) is 0. The van der Waals surface area contributed by atoms with Crippen molar-refractivity contribution >= 4 is 19.7 Å². The Morgan fingerprint density at radius 3 is 1.80 bits per heavy atom. The van der Waals surface area contributed by atoms with E-state index in [-0.39, 0.29) is 0 Å². The van der Waals surface area contributed by atoms with Crippen LogP contribution in [0.1, 0.15) is 0 Å². The van der Waals surface area contributed by atoms with Gasteiger partial charge in [-0.05, 0) is 0 Å². The van der Waals surface area contributed by atoms with Gasteiger partial charge in [-0.2, -0.15) is 0 Å². The van der Waals surface area contributed by atoms with E-state index >= 15 is 0 Å². The summed E-state index contributed by atoms with van der Waals surface area (Å²) in [5.74, 6) is 0. The van der Waals surface area contributed by atoms with E-state index in [1.807, 2.05) is 0 Å². The van der Waals surface area contributed by atoms with Gasteiger partial charge < -0.3 is 15.4 Å². The molecule has 0 rings (SSSR count). The van der Waals surface area contributed by atoms with Crippen molar-refractivity contribution in [2.24, 2.45) is 10.8 Å². The van der Waals surface area contributed by atoms with Gasteiger partial charge in [-0.25, -0.2) is 0 Å². The van der Waals surface area contributed by atoms with E-state index in [1.165, 1.54) is 0 Å². The summed E-state index contributed by atoms with van der Waals surface area (Å²) in [7, 11) is -0.403. The predicted octanol–water partition coefficient (Wildman–Crippen LogP) is -3.51. The zero-order chi connectivity index (χ0) is 4.28. The van der Waals surface area contributed by atoms with Crippen LogP contribution in [0, 0.1) is 0 Å². The van der Waals surface area contributed by atoms with E-state index in [0.717, 1.165) is 10.4 Å². The first kappa shape index (κ1) is 5.31. The van der Waals surface area contributed by atoms with Crippen LogP contribution in [-0.4, -0.2) is 19.7 Å². The normalized spacial score (nSPS) is 10.2. The smallest absolute Gasteiger partial charge is 0.251 e. The monoisotopic (exact) mass is 107 g/mol. The highest BCUT2D eigenvalue weighted by atomic mass is 28.3. The number of nitrogens with two attached hydrogens (primary N) is 2. The van der Waals surface area contributed by atoms with Crippen LogP contribution in [0.2, 0.25) is 0 Å². The SMILES string of the molecule is N[SiH](N)N[SiH3]. The van der Waals surface area contributed by atoms with Gasteiger partial charge in [-0.3, -0.25) is 0 Å². The lowest BCUT2D eigenvalue weighted by atomic mass is 13.8. The fourth-order valence-corrected chi connectivity index (χ4v) is 0. The van der Waals surface area contributed by atoms with Crippen LogP contribution in [0.25, 0.3) is 0 Å². The van der Waals surface area contributed by atoms with E-state index in [2.05, 4.69) is 4.65 Å². The van der Waals surface area contributed by atoms with Crippen LogP contribution >= 0.6 is 0 Å². The maximum atomic E-state index is 5.13. The Bertz CT molecular complexity index is 18.9. The van der Waals surface area contributed by atoms with E-state index < -0.39 is 9.28 Å². The lowest BCUT2D eigenvalue weighted by Gasteiger charge is -1.93. The summed E-state index contributed by atoms with van der Waals surface area (Å²) in [6.45, 7) is 0. The summed E-state index contributed by atoms with van der Waals surface area (Å²) in [6, 6.07) is 0. The van der Waals surface area contributed by atoms with Gasteiger partial charge in [0.1, 0.15) is 0 Å². The van der Waals surface area contributed by atoms with Crippen molar-refractivity contribution in [2.45, 2.75) is 0 Å². The average Bonchev–Trinajstić information content (AvgIpc) is 1.38. The van der Waals surface area contributed by atoms with Crippen molar-refractivity contribution in [3.8, 4) is 0 Å². The fourth-order valence-electron chi connectivity index (χ4n) is 0. The van der Waals surface area contributed by atoms with Crippen LogP contribution in [0.4, 0.5) is 0 Å². The minimum absolute atomic E-state index is 0.935. The summed E-state index contributed by atoms with van der Waals surface area (Å²) in [5, 5.41) is 10.3. The number of nitrogens with one attached hydrogen (secondary N) is 1. The molecule has 0 aromatic heterocycles. The largest absolute Gasteiger partial charge is 0.345 e. The maximum absolute atomic E-state index is 5.13. The third-order valence-corrected chi connectivity index (χ3v) is 3.00. The molecule has 5 heteroatoms. The Kier molecular flexibility index (Phi) is 2.71. The zero-order valence-corrected chi connectivity index (χ0v) is 6.39. The second kappa shape index (κ2) is 2.55. The van der Waals surface area contributed by atoms with Crippen LogP contribution in [-0.2, 0) is 0 Å². The summed E-state index contributed by atoms with van der Waals surface area (Å²) < 4.78 is 2.86. The molecular weight excluding hydrogens is 98.2 g/mol. The van der Waals surface area contributed by atoms with Crippen molar-refractivity contribution in [1.82, 2.24) is 4.65 Å². The van der Waals surface area contributed by atoms with Crippen molar-refractivity contribution in [3.05, 3.63) is 0 Å². The highest BCUT2D eigenvalue weighted by molar-refractivity contribution is 6.54. The van der Waals surface area contributed by atoms with Gasteiger partial charge in [0.2, 0.25) is 0 Å². The van der Waals surface area contributed by atoms with Gasteiger partial charge in [-0.15, -0.1) is 0 Å². The van der Waals surface area contributed by atoms with Gasteiger partial charge in [0.05, 0.1) is 10.4 Å². The lowest BCUT2D eigenvalue weighted by Crippen LogP contribution is -2.50. The summed E-state index contributed by atoms with van der Waals surface area (Å²) in [5.41, 5.74) is 0. The predicted molar refractivity (Wildman–Crippen MR) is 28.6 cm³/mol. The molecule has 0 unspecified atom stereocenters. The Morgan fingerprint density at radius 2 is 1.80 bits per heavy atom. The van der Waals surface area contributed by atoms with Crippen LogP contribution in [0.3, 0.4) is 0 Å². The maximum Gasteiger partial charge on any atom is 0.251 e. The molecule has 0 saturated heterocycles. The molecule has 0 aliphatic rings. The van der Waals surface area contributed by atoms with Gasteiger partial charge in [0.25, 0.3) is 9.28 Å². The summed E-state index contributed by atoms with van der Waals surface area (Å²) >= 11 is 0. The minimum atomic E-state index is -1.34. The second-order valence-corrected chi connectivity index (χ2v) is 4.18. The van der Waals surface area contributed by atoms with Gasteiger partial charge in [-0.1, -0.05) is 0 Å². The molecule has 0 aromatic rings. The molecule has 0 aromatic carbocycles. The standard InChI is InChI=1S/H9N3Si2/c1-5(2)3-4/h3,5H,1-2H2,4H3. The number of hydrogen-bond acceptors (Lipinski definition) is 3. The third-order valence-electron chi connectivity index (χ3n) is 0.333. The van der Waals surface area contributed by atoms with Gasteiger partial charge >= 0.3 is 0 Å². The van der Waals surface area contributed by atoms with Gasteiger partial charge in [0, 0.05) is 0 Å². The molecule has 0 amide bonds. The van der Waals surface area contributed by atoms with E-state index in [4.69, 9.17) is 10.8 Å². The zero-order valence-electron chi connectivity index (χ0n) is 3.23. The van der Waals surface area contributed by atoms with Gasteiger partial charge in [0.15, 0.2) is 0 Å². The van der Waals surface area contributed by atoms with Crippen molar-refractivity contribution in [1.29, 1.82) is 0 Å². The molecule has 0 fully saturated rings.